The van der Waals surface area contributed by atoms with Gasteiger partial charge in [-0.25, -0.2) is 0 Å². The molecule has 0 aliphatic heterocycles. The van der Waals surface area contributed by atoms with Gasteiger partial charge >= 0.3 is 0 Å². The predicted octanol–water partition coefficient (Wildman–Crippen LogP) is 0.409. The summed E-state index contributed by atoms with van der Waals surface area (Å²) in [6.07, 6.45) is 0. The van der Waals surface area contributed by atoms with Crippen LogP contribution in [-0.4, -0.2) is 14.1 Å². The monoisotopic (exact) mass is 144 g/mol. The minimum atomic E-state index is -0.333. The smallest absolute Gasteiger partial charge is 0.242 e. The molecule has 3 nitrogen and oxygen atoms in total. The summed E-state index contributed by atoms with van der Waals surface area (Å²) in [5.74, 6) is 0. The van der Waals surface area contributed by atoms with Crippen molar-refractivity contribution in [3.8, 4) is 0 Å². The van der Waals surface area contributed by atoms with E-state index in [9.17, 15) is 0 Å². The average molecular weight is 145 g/mol. The highest BCUT2D eigenvalue weighted by atomic mass is 35.5. The third kappa shape index (κ3) is 1220. The maximum Gasteiger partial charge on any atom is 0.242 e. The number of hydrogen-bond acceptors (Lipinski definition) is 2. The number of nitrogens with one attached hydrogen (secondary N) is 1. The summed E-state index contributed by atoms with van der Waals surface area (Å²) in [5.41, 5.74) is 4.26. The first-order valence-corrected chi connectivity index (χ1v) is 2.32. The average Bonchev–Trinajstić information content (AvgIpc) is 1.39. The Kier molecular flexibility index (Phi) is 74.6. The van der Waals surface area contributed by atoms with E-state index in [0.717, 1.165) is 0 Å². The second kappa shape index (κ2) is 33.3. The maximum atomic E-state index is 8.68. The Bertz CT molecular complexity index is 29.7. The number of nitrogens with two attached hydrogens (primary N) is 1. The molecule has 3 N–H and O–H groups in total. The van der Waals surface area contributed by atoms with Crippen molar-refractivity contribution in [3.63, 3.8) is 0 Å². The molecule has 0 bridgehead atoms. The molecule has 7 heavy (non-hydrogen) atoms. The second-order valence-electron chi connectivity index (χ2n) is 0.605. The molecule has 0 heterocycles. The van der Waals surface area contributed by atoms with E-state index in [4.69, 9.17) is 4.57 Å². The second-order valence-corrected chi connectivity index (χ2v) is 0.816. The van der Waals surface area contributed by atoms with Gasteiger partial charge in [0.25, 0.3) is 0 Å². The Morgan fingerprint density at radius 2 is 1.57 bits per heavy atom. The van der Waals surface area contributed by atoms with Gasteiger partial charge in [0.2, 0.25) is 8.61 Å². The van der Waals surface area contributed by atoms with Crippen LogP contribution in [0.4, 0.5) is 0 Å². The predicted molar refractivity (Wildman–Crippen MR) is 34.0 cm³/mol. The molecule has 0 radical (unpaired) electrons. The van der Waals surface area contributed by atoms with Gasteiger partial charge in [-0.2, -0.15) is 0 Å². The van der Waals surface area contributed by atoms with Crippen molar-refractivity contribution in [1.29, 1.82) is 0 Å². The molecular formula is C2H10ClN2OP. The summed E-state index contributed by atoms with van der Waals surface area (Å²) in [4.78, 5) is 0. The lowest BCUT2D eigenvalue weighted by atomic mass is 11.3. The molecule has 0 unspecified atom stereocenters. The number of halogens is 1. The molecule has 0 aromatic rings. The lowest BCUT2D eigenvalue weighted by Gasteiger charge is -1.59. The topological polar surface area (TPSA) is 55.1 Å². The molecule has 46 valence electrons. The lowest BCUT2D eigenvalue weighted by molar-refractivity contribution is 0.599. The standard InChI is InChI=1S/C2H7N.ClH.H2NOP/c1-3-2;;1-3-2/h3H,1-2H3;1H;(H2,1,2). The Morgan fingerprint density at radius 1 is 1.57 bits per heavy atom. The van der Waals surface area contributed by atoms with Gasteiger partial charge in [-0.1, -0.05) is 0 Å². The molecule has 0 rings (SSSR count). The van der Waals surface area contributed by atoms with Gasteiger partial charge in [0, 0.05) is 0 Å². The van der Waals surface area contributed by atoms with Crippen LogP contribution >= 0.6 is 21.0 Å². The molecule has 0 aliphatic rings. The lowest BCUT2D eigenvalue weighted by Crippen LogP contribution is -1.89. The van der Waals surface area contributed by atoms with Crippen molar-refractivity contribution in [2.45, 2.75) is 0 Å². The van der Waals surface area contributed by atoms with E-state index in [0.29, 0.717) is 0 Å². The van der Waals surface area contributed by atoms with Gasteiger partial charge in [-0.05, 0) is 14.1 Å². The van der Waals surface area contributed by atoms with Gasteiger partial charge in [0.05, 0.1) is 0 Å². The highest BCUT2D eigenvalue weighted by Gasteiger charge is 1.25. The minimum Gasteiger partial charge on any atom is -0.323 e. The van der Waals surface area contributed by atoms with E-state index >= 15 is 0 Å². The van der Waals surface area contributed by atoms with Crippen LogP contribution < -0.4 is 10.8 Å². The van der Waals surface area contributed by atoms with Crippen molar-refractivity contribution < 1.29 is 4.57 Å². The molecule has 0 atom stereocenters. The fraction of sp³-hybridized carbons (Fsp3) is 1.00. The summed E-state index contributed by atoms with van der Waals surface area (Å²) in [5, 5.41) is 2.75. The van der Waals surface area contributed by atoms with Crippen molar-refractivity contribution >= 4 is 21.0 Å². The van der Waals surface area contributed by atoms with Gasteiger partial charge in [-0.3, -0.25) is 10.1 Å². The Morgan fingerprint density at radius 3 is 1.57 bits per heavy atom. The molecule has 5 heteroatoms. The molecule has 0 saturated heterocycles. The summed E-state index contributed by atoms with van der Waals surface area (Å²) < 4.78 is 8.68. The zero-order chi connectivity index (χ0) is 5.41. The molecule has 0 aromatic carbocycles. The third-order valence-corrected chi connectivity index (χ3v) is 0. The van der Waals surface area contributed by atoms with Crippen LogP contribution in [0.15, 0.2) is 0 Å². The van der Waals surface area contributed by atoms with Gasteiger partial charge in [0.15, 0.2) is 0 Å². The van der Waals surface area contributed by atoms with Crippen molar-refractivity contribution in [3.05, 3.63) is 0 Å². The first kappa shape index (κ1) is 15.7. The SMILES string of the molecule is CNC.Cl.NP=O. The molecule has 0 spiro atoms. The van der Waals surface area contributed by atoms with Crippen molar-refractivity contribution in [2.24, 2.45) is 5.50 Å². The van der Waals surface area contributed by atoms with Crippen molar-refractivity contribution in [2.75, 3.05) is 14.1 Å². The molecule has 0 aromatic heterocycles. The van der Waals surface area contributed by atoms with Gasteiger partial charge in [-0.15, -0.1) is 12.4 Å². The fourth-order valence-corrected chi connectivity index (χ4v) is 0. The minimum absolute atomic E-state index is 0. The van der Waals surface area contributed by atoms with E-state index in [1.165, 1.54) is 0 Å². The van der Waals surface area contributed by atoms with Crippen LogP contribution in [0.25, 0.3) is 0 Å². The van der Waals surface area contributed by atoms with E-state index in [2.05, 4.69) is 10.8 Å². The highest BCUT2D eigenvalue weighted by molar-refractivity contribution is 7.20. The van der Waals surface area contributed by atoms with Crippen LogP contribution in [0.3, 0.4) is 0 Å². The van der Waals surface area contributed by atoms with Crippen LogP contribution in [0.1, 0.15) is 0 Å². The first-order chi connectivity index (χ1) is 2.83. The van der Waals surface area contributed by atoms with Crippen LogP contribution in [-0.2, 0) is 4.57 Å². The fourth-order valence-electron chi connectivity index (χ4n) is 0. The summed E-state index contributed by atoms with van der Waals surface area (Å²) in [6.45, 7) is 0. The van der Waals surface area contributed by atoms with E-state index < -0.39 is 0 Å². The zero-order valence-corrected chi connectivity index (χ0v) is 6.05. The van der Waals surface area contributed by atoms with E-state index in [-0.39, 0.29) is 21.0 Å². The Labute approximate surface area is 51.3 Å². The normalized spacial score (nSPS) is 5.57. The largest absolute Gasteiger partial charge is 0.323 e. The summed E-state index contributed by atoms with van der Waals surface area (Å²) >= 11 is 0. The van der Waals surface area contributed by atoms with Crippen LogP contribution in [0, 0.1) is 0 Å². The molecule has 0 saturated carbocycles. The van der Waals surface area contributed by atoms with Gasteiger partial charge < -0.3 is 5.32 Å². The Hall–Kier alpha value is 0.310. The maximum absolute atomic E-state index is 8.68. The van der Waals surface area contributed by atoms with Crippen LogP contribution in [0.5, 0.6) is 0 Å². The molecule has 0 amide bonds. The third-order valence-electron chi connectivity index (χ3n) is 0. The summed E-state index contributed by atoms with van der Waals surface area (Å²) in [6, 6.07) is 0. The summed E-state index contributed by atoms with van der Waals surface area (Å²) in [7, 11) is 3.42. The number of hydrogen-bond donors (Lipinski definition) is 2. The quantitative estimate of drug-likeness (QED) is 0.484. The zero-order valence-electron chi connectivity index (χ0n) is 4.34. The number of rotatable bonds is 0. The van der Waals surface area contributed by atoms with Gasteiger partial charge in [0.1, 0.15) is 0 Å². The molecular weight excluding hydrogens is 134 g/mol. The first-order valence-electron chi connectivity index (χ1n) is 1.44. The molecule has 0 fully saturated rings. The van der Waals surface area contributed by atoms with Crippen LogP contribution in [0.2, 0.25) is 0 Å². The molecule has 0 aliphatic carbocycles. The Balaban J connectivity index is -0.0000000400. The van der Waals surface area contributed by atoms with E-state index in [1.807, 2.05) is 14.1 Å². The van der Waals surface area contributed by atoms with Crippen molar-refractivity contribution in [1.82, 2.24) is 5.32 Å². The highest BCUT2D eigenvalue weighted by Crippen LogP contribution is 1.55. The van der Waals surface area contributed by atoms with E-state index in [1.54, 1.807) is 0 Å².